The van der Waals surface area contributed by atoms with E-state index in [1.807, 2.05) is 19.1 Å². The van der Waals surface area contributed by atoms with Gasteiger partial charge in [0.15, 0.2) is 5.75 Å². The molecule has 0 unspecified atom stereocenters. The van der Waals surface area contributed by atoms with Crippen molar-refractivity contribution in [3.05, 3.63) is 36.0 Å². The van der Waals surface area contributed by atoms with E-state index < -0.39 is 0 Å². The topological polar surface area (TPSA) is 60.2 Å². The van der Waals surface area contributed by atoms with E-state index >= 15 is 0 Å². The molecule has 0 fully saturated rings. The summed E-state index contributed by atoms with van der Waals surface area (Å²) in [5, 5.41) is 3.26. The van der Waals surface area contributed by atoms with E-state index in [0.29, 0.717) is 18.3 Å². The van der Waals surface area contributed by atoms with Crippen molar-refractivity contribution in [2.75, 3.05) is 0 Å². The molecule has 18 heavy (non-hydrogen) atoms. The van der Waals surface area contributed by atoms with E-state index in [9.17, 15) is 0 Å². The molecule has 0 aliphatic rings. The molecule has 0 amide bonds. The first-order valence-electron chi connectivity index (χ1n) is 5.92. The Hall–Kier alpha value is -1.88. The Bertz CT molecular complexity index is 491. The molecule has 2 aromatic heterocycles. The third kappa shape index (κ3) is 3.56. The molecule has 96 valence electrons. The molecule has 2 rings (SSSR count). The van der Waals surface area contributed by atoms with Crippen LogP contribution in [0.1, 0.15) is 25.2 Å². The van der Waals surface area contributed by atoms with Crippen LogP contribution in [-0.2, 0) is 6.54 Å². The Labute approximate surface area is 106 Å². The van der Waals surface area contributed by atoms with E-state index in [1.165, 1.54) is 0 Å². The molecule has 2 heterocycles. The van der Waals surface area contributed by atoms with Gasteiger partial charge in [0, 0.05) is 18.3 Å². The number of hydrogen-bond donors (Lipinski definition) is 1. The Morgan fingerprint density at radius 1 is 1.39 bits per heavy atom. The summed E-state index contributed by atoms with van der Waals surface area (Å²) in [6.07, 6.45) is 3.47. The summed E-state index contributed by atoms with van der Waals surface area (Å²) in [4.78, 5) is 8.36. The molecule has 0 bridgehead atoms. The Balaban J connectivity index is 1.95. The van der Waals surface area contributed by atoms with Crippen LogP contribution in [0, 0.1) is 6.92 Å². The lowest BCUT2D eigenvalue weighted by Crippen LogP contribution is -2.21. The lowest BCUT2D eigenvalue weighted by Gasteiger charge is -2.04. The van der Waals surface area contributed by atoms with Gasteiger partial charge in [-0.05, 0) is 19.1 Å². The highest BCUT2D eigenvalue weighted by molar-refractivity contribution is 5.22. The average Bonchev–Trinajstić information content (AvgIpc) is 2.77. The molecule has 1 N–H and O–H groups in total. The van der Waals surface area contributed by atoms with Crippen molar-refractivity contribution < 1.29 is 9.15 Å². The summed E-state index contributed by atoms with van der Waals surface area (Å²) in [6.45, 7) is 6.74. The highest BCUT2D eigenvalue weighted by Crippen LogP contribution is 2.19. The highest BCUT2D eigenvalue weighted by Gasteiger charge is 2.06. The number of nitrogens with zero attached hydrogens (tertiary/aromatic N) is 2. The van der Waals surface area contributed by atoms with Gasteiger partial charge in [0.25, 0.3) is 0 Å². The first-order chi connectivity index (χ1) is 8.63. The van der Waals surface area contributed by atoms with Crippen molar-refractivity contribution in [2.24, 2.45) is 0 Å². The van der Waals surface area contributed by atoms with Crippen molar-refractivity contribution in [3.8, 4) is 11.8 Å². The fourth-order valence-corrected chi connectivity index (χ4v) is 1.34. The molecule has 0 saturated heterocycles. The van der Waals surface area contributed by atoms with Gasteiger partial charge in [0.1, 0.15) is 6.26 Å². The van der Waals surface area contributed by atoms with Crippen LogP contribution < -0.4 is 10.1 Å². The molecule has 0 aliphatic heterocycles. The van der Waals surface area contributed by atoms with Crippen LogP contribution >= 0.6 is 0 Å². The summed E-state index contributed by atoms with van der Waals surface area (Å²) in [7, 11) is 0. The number of nitrogens with one attached hydrogen (secondary N) is 1. The normalized spacial score (nSPS) is 10.9. The third-order valence-corrected chi connectivity index (χ3v) is 2.31. The van der Waals surface area contributed by atoms with Gasteiger partial charge >= 0.3 is 6.08 Å². The van der Waals surface area contributed by atoms with E-state index in [2.05, 4.69) is 29.1 Å². The standard InChI is InChI=1S/C13H17N3O2/c1-9(2)14-6-11-8-17-13(16-11)18-12-5-4-10(3)15-7-12/h4-5,7-9,14H,6H2,1-3H3. The summed E-state index contributed by atoms with van der Waals surface area (Å²) in [6, 6.07) is 4.12. The zero-order chi connectivity index (χ0) is 13.0. The zero-order valence-corrected chi connectivity index (χ0v) is 10.8. The first kappa shape index (κ1) is 12.6. The monoisotopic (exact) mass is 247 g/mol. The second-order valence-corrected chi connectivity index (χ2v) is 4.38. The van der Waals surface area contributed by atoms with Crippen LogP contribution in [0.25, 0.3) is 0 Å². The second kappa shape index (κ2) is 5.64. The Morgan fingerprint density at radius 2 is 2.22 bits per heavy atom. The van der Waals surface area contributed by atoms with Gasteiger partial charge in [-0.1, -0.05) is 13.8 Å². The van der Waals surface area contributed by atoms with Crippen molar-refractivity contribution in [3.63, 3.8) is 0 Å². The van der Waals surface area contributed by atoms with Crippen LogP contribution in [0.15, 0.2) is 29.0 Å². The minimum atomic E-state index is 0.237. The van der Waals surface area contributed by atoms with Crippen molar-refractivity contribution >= 4 is 0 Å². The predicted molar refractivity (Wildman–Crippen MR) is 67.5 cm³/mol. The number of oxazole rings is 1. The molecule has 0 spiro atoms. The summed E-state index contributed by atoms with van der Waals surface area (Å²) in [5.74, 6) is 0.616. The van der Waals surface area contributed by atoms with E-state index in [-0.39, 0.29) is 6.08 Å². The zero-order valence-electron chi connectivity index (χ0n) is 10.8. The predicted octanol–water partition coefficient (Wildman–Crippen LogP) is 2.67. The van der Waals surface area contributed by atoms with Gasteiger partial charge in [-0.3, -0.25) is 4.98 Å². The van der Waals surface area contributed by atoms with Crippen LogP contribution in [-0.4, -0.2) is 16.0 Å². The maximum atomic E-state index is 5.45. The summed E-state index contributed by atoms with van der Waals surface area (Å²) >= 11 is 0. The Kier molecular flexibility index (Phi) is 3.94. The van der Waals surface area contributed by atoms with Gasteiger partial charge in [0.2, 0.25) is 0 Å². The van der Waals surface area contributed by atoms with Gasteiger partial charge < -0.3 is 14.5 Å². The maximum Gasteiger partial charge on any atom is 0.399 e. The van der Waals surface area contributed by atoms with Crippen LogP contribution in [0.5, 0.6) is 11.8 Å². The molecule has 0 aromatic carbocycles. The first-order valence-corrected chi connectivity index (χ1v) is 5.92. The number of rotatable bonds is 5. The SMILES string of the molecule is Cc1ccc(Oc2nc(CNC(C)C)co2)cn1. The maximum absolute atomic E-state index is 5.45. The molecular formula is C13H17N3O2. The molecule has 5 heteroatoms. The molecular weight excluding hydrogens is 230 g/mol. The second-order valence-electron chi connectivity index (χ2n) is 4.38. The van der Waals surface area contributed by atoms with Crippen LogP contribution in [0.4, 0.5) is 0 Å². The number of aryl methyl sites for hydroxylation is 1. The van der Waals surface area contributed by atoms with E-state index in [1.54, 1.807) is 12.5 Å². The molecule has 0 saturated carbocycles. The largest absolute Gasteiger partial charge is 0.417 e. The summed E-state index contributed by atoms with van der Waals surface area (Å²) < 4.78 is 10.7. The van der Waals surface area contributed by atoms with Gasteiger partial charge in [-0.25, -0.2) is 0 Å². The number of pyridine rings is 1. The Morgan fingerprint density at radius 3 is 2.89 bits per heavy atom. The number of ether oxygens (including phenoxy) is 1. The van der Waals surface area contributed by atoms with Crippen LogP contribution in [0.3, 0.4) is 0 Å². The van der Waals surface area contributed by atoms with Crippen molar-refractivity contribution in [1.82, 2.24) is 15.3 Å². The smallest absolute Gasteiger partial charge is 0.399 e. The highest BCUT2D eigenvalue weighted by atomic mass is 16.6. The lowest BCUT2D eigenvalue weighted by atomic mass is 10.4. The molecule has 0 radical (unpaired) electrons. The molecule has 0 aliphatic carbocycles. The van der Waals surface area contributed by atoms with Gasteiger partial charge in [-0.15, -0.1) is 0 Å². The number of aromatic nitrogens is 2. The van der Waals surface area contributed by atoms with E-state index in [0.717, 1.165) is 11.4 Å². The lowest BCUT2D eigenvalue weighted by molar-refractivity contribution is 0.329. The van der Waals surface area contributed by atoms with E-state index in [4.69, 9.17) is 9.15 Å². The van der Waals surface area contributed by atoms with Crippen LogP contribution in [0.2, 0.25) is 0 Å². The molecule has 0 atom stereocenters. The van der Waals surface area contributed by atoms with Crippen molar-refractivity contribution in [2.45, 2.75) is 33.4 Å². The summed E-state index contributed by atoms with van der Waals surface area (Å²) in [5.41, 5.74) is 1.76. The average molecular weight is 247 g/mol. The molecule has 2 aromatic rings. The molecule has 5 nitrogen and oxygen atoms in total. The number of hydrogen-bond acceptors (Lipinski definition) is 5. The fourth-order valence-electron chi connectivity index (χ4n) is 1.34. The minimum absolute atomic E-state index is 0.237. The van der Waals surface area contributed by atoms with Crippen molar-refractivity contribution in [1.29, 1.82) is 0 Å². The van der Waals surface area contributed by atoms with Gasteiger partial charge in [-0.2, -0.15) is 4.98 Å². The third-order valence-electron chi connectivity index (χ3n) is 2.31. The quantitative estimate of drug-likeness (QED) is 0.880. The fraction of sp³-hybridized carbons (Fsp3) is 0.385. The minimum Gasteiger partial charge on any atom is -0.417 e. The van der Waals surface area contributed by atoms with Gasteiger partial charge in [0.05, 0.1) is 11.9 Å².